The van der Waals surface area contributed by atoms with Gasteiger partial charge >= 0.3 is 10.3 Å². The number of aromatic nitrogens is 3. The zero-order valence-corrected chi connectivity index (χ0v) is 19.3. The molecule has 3 N–H and O–H groups in total. The lowest BCUT2D eigenvalue weighted by Gasteiger charge is -2.17. The highest BCUT2D eigenvalue weighted by molar-refractivity contribution is 7.84. The van der Waals surface area contributed by atoms with Gasteiger partial charge in [0.25, 0.3) is 0 Å². The fourth-order valence-corrected chi connectivity index (χ4v) is 4.42. The van der Waals surface area contributed by atoms with E-state index >= 15 is 0 Å². The van der Waals surface area contributed by atoms with Crippen molar-refractivity contribution in [3.05, 3.63) is 65.2 Å². The molecular formula is C20H21ClFN5O6S. The monoisotopic (exact) mass is 513 g/mol. The summed E-state index contributed by atoms with van der Waals surface area (Å²) in [4.78, 5) is 21.0. The maximum absolute atomic E-state index is 14.7. The quantitative estimate of drug-likeness (QED) is 0.362. The van der Waals surface area contributed by atoms with Gasteiger partial charge in [0.15, 0.2) is 11.0 Å². The molecule has 34 heavy (non-hydrogen) atoms. The Morgan fingerprint density at radius 1 is 1.41 bits per heavy atom. The van der Waals surface area contributed by atoms with Crippen molar-refractivity contribution in [2.45, 2.75) is 37.4 Å². The lowest BCUT2D eigenvalue weighted by atomic mass is 10.1. The Hall–Kier alpha value is -2.84. The lowest BCUT2D eigenvalue weighted by Crippen LogP contribution is -2.35. The van der Waals surface area contributed by atoms with Crippen LogP contribution in [-0.4, -0.2) is 65.3 Å². The van der Waals surface area contributed by atoms with Gasteiger partial charge in [-0.3, -0.25) is 8.98 Å². The maximum Gasteiger partial charge on any atom is 0.335 e. The summed E-state index contributed by atoms with van der Waals surface area (Å²) in [5.41, 5.74) is 0.412. The summed E-state index contributed by atoms with van der Waals surface area (Å²) < 4.78 is 51.8. The second-order valence-corrected chi connectivity index (χ2v) is 9.49. The Bertz CT molecular complexity index is 1280. The van der Waals surface area contributed by atoms with Crippen LogP contribution >= 0.6 is 11.6 Å². The van der Waals surface area contributed by atoms with Crippen LogP contribution in [0.5, 0.6) is 0 Å². The first-order chi connectivity index (χ1) is 16.2. The van der Waals surface area contributed by atoms with E-state index in [0.29, 0.717) is 17.9 Å². The molecule has 1 saturated carbocycles. The van der Waals surface area contributed by atoms with Crippen molar-refractivity contribution in [3.63, 3.8) is 0 Å². The Morgan fingerprint density at radius 3 is 2.91 bits per heavy atom. The number of anilines is 1. The van der Waals surface area contributed by atoms with Gasteiger partial charge in [-0.05, 0) is 29.8 Å². The maximum atomic E-state index is 14.7. The van der Waals surface area contributed by atoms with Crippen molar-refractivity contribution >= 4 is 33.5 Å². The number of carbonyl (C=O) groups excluding carboxylic acids is 1. The minimum Gasteiger partial charge on any atom is -0.448 e. The van der Waals surface area contributed by atoms with E-state index in [0.717, 1.165) is 7.05 Å². The smallest absolute Gasteiger partial charge is 0.335 e. The predicted octanol–water partition coefficient (Wildman–Crippen LogP) is 1.54. The standard InChI is InChI=1S/C20H21ClFN5O6S/c1-23-34(30,31)33-15-6-14(17(22)19(15)29)26-20-13(7-24-10-25-20)18(28)11-4-5-27(8-11)9-12-2-3-16(21)32-12/h2-5,7-8,10,14-15,17,19,23,29H,6,9H2,1H3,(H,24,25,26)/t14-,15-,17-,19-/m1/s1. The van der Waals surface area contributed by atoms with Crippen LogP contribution < -0.4 is 10.0 Å². The molecule has 1 aliphatic carbocycles. The molecule has 0 spiro atoms. The zero-order chi connectivity index (χ0) is 24.5. The highest BCUT2D eigenvalue weighted by atomic mass is 35.5. The van der Waals surface area contributed by atoms with E-state index in [2.05, 4.69) is 15.3 Å². The molecule has 11 nitrogen and oxygen atoms in total. The highest BCUT2D eigenvalue weighted by Crippen LogP contribution is 2.30. The van der Waals surface area contributed by atoms with Gasteiger partial charge in [0.1, 0.15) is 36.3 Å². The molecule has 3 aromatic heterocycles. The molecule has 4 rings (SSSR count). The van der Waals surface area contributed by atoms with E-state index in [1.807, 2.05) is 4.72 Å². The molecule has 0 amide bonds. The number of rotatable bonds is 9. The van der Waals surface area contributed by atoms with Gasteiger partial charge in [-0.25, -0.2) is 14.4 Å². The normalized spacial score (nSPS) is 22.7. The largest absolute Gasteiger partial charge is 0.448 e. The van der Waals surface area contributed by atoms with E-state index in [1.54, 1.807) is 35.2 Å². The molecule has 0 bridgehead atoms. The third-order valence-electron chi connectivity index (χ3n) is 5.34. The average molecular weight is 514 g/mol. The van der Waals surface area contributed by atoms with Crippen LogP contribution in [-0.2, 0) is 21.0 Å². The summed E-state index contributed by atoms with van der Waals surface area (Å²) in [5, 5.41) is 13.1. The van der Waals surface area contributed by atoms with Gasteiger partial charge in [0.05, 0.1) is 18.2 Å². The van der Waals surface area contributed by atoms with Gasteiger partial charge in [-0.15, -0.1) is 0 Å². The zero-order valence-electron chi connectivity index (χ0n) is 17.8. The average Bonchev–Trinajstić information content (AvgIpc) is 3.51. The molecule has 3 heterocycles. The van der Waals surface area contributed by atoms with Crippen molar-refractivity contribution < 1.29 is 31.3 Å². The minimum absolute atomic E-state index is 0.0440. The first-order valence-corrected chi connectivity index (χ1v) is 11.9. The van der Waals surface area contributed by atoms with Crippen molar-refractivity contribution in [3.8, 4) is 0 Å². The van der Waals surface area contributed by atoms with Gasteiger partial charge in [-0.1, -0.05) is 0 Å². The Balaban J connectivity index is 1.49. The second kappa shape index (κ2) is 9.80. The molecule has 0 aliphatic heterocycles. The number of halogens is 2. The molecule has 14 heteroatoms. The van der Waals surface area contributed by atoms with Crippen molar-refractivity contribution in [2.24, 2.45) is 0 Å². The molecule has 182 valence electrons. The number of hydrogen-bond donors (Lipinski definition) is 3. The van der Waals surface area contributed by atoms with Gasteiger partial charge in [-0.2, -0.15) is 13.1 Å². The topological polar surface area (TPSA) is 149 Å². The van der Waals surface area contributed by atoms with Gasteiger partial charge in [0, 0.05) is 37.6 Å². The van der Waals surface area contributed by atoms with Crippen LogP contribution in [0.2, 0.25) is 5.22 Å². The summed E-state index contributed by atoms with van der Waals surface area (Å²) in [6, 6.07) is 3.89. The van der Waals surface area contributed by atoms with Gasteiger partial charge in [0.2, 0.25) is 0 Å². The van der Waals surface area contributed by atoms with Gasteiger partial charge < -0.3 is 19.4 Å². The summed E-state index contributed by atoms with van der Waals surface area (Å²) in [6.07, 6.45) is 0.734. The fraction of sp³-hybridized carbons (Fsp3) is 0.350. The molecule has 1 fully saturated rings. The molecule has 3 aromatic rings. The first kappa shape index (κ1) is 24.3. The first-order valence-electron chi connectivity index (χ1n) is 10.1. The summed E-state index contributed by atoms with van der Waals surface area (Å²) in [7, 11) is -3.00. The SMILES string of the molecule is CNS(=O)(=O)O[C@@H]1C[C@@H](Nc2ncncc2C(=O)c2ccn(Cc3ccc(Cl)o3)c2)[C@@H](F)[C@@H]1O. The molecular weight excluding hydrogens is 493 g/mol. The lowest BCUT2D eigenvalue weighted by molar-refractivity contribution is 0.0248. The molecule has 0 aromatic carbocycles. The van der Waals surface area contributed by atoms with Crippen LogP contribution in [0.3, 0.4) is 0 Å². The van der Waals surface area contributed by atoms with Crippen molar-refractivity contribution in [1.29, 1.82) is 0 Å². The van der Waals surface area contributed by atoms with Crippen molar-refractivity contribution in [2.75, 3.05) is 12.4 Å². The minimum atomic E-state index is -4.13. The fourth-order valence-electron chi connectivity index (χ4n) is 3.64. The third kappa shape index (κ3) is 5.28. The second-order valence-electron chi connectivity index (χ2n) is 7.61. The number of alkyl halides is 1. The van der Waals surface area contributed by atoms with E-state index in [-0.39, 0.29) is 23.0 Å². The van der Waals surface area contributed by atoms with Crippen LogP contribution in [0.1, 0.15) is 28.1 Å². The molecule has 0 unspecified atom stereocenters. The number of furan rings is 1. The number of hydrogen-bond acceptors (Lipinski definition) is 9. The van der Waals surface area contributed by atoms with Crippen LogP contribution in [0, 0.1) is 0 Å². The highest BCUT2D eigenvalue weighted by Gasteiger charge is 2.46. The van der Waals surface area contributed by atoms with Crippen molar-refractivity contribution in [1.82, 2.24) is 19.3 Å². The summed E-state index contributed by atoms with van der Waals surface area (Å²) in [5.74, 6) is 0.234. The molecule has 0 radical (unpaired) electrons. The number of nitrogens with one attached hydrogen (secondary N) is 2. The molecule has 0 saturated heterocycles. The number of nitrogens with zero attached hydrogens (tertiary/aromatic N) is 3. The summed E-state index contributed by atoms with van der Waals surface area (Å²) >= 11 is 5.78. The van der Waals surface area contributed by atoms with Crippen LogP contribution in [0.4, 0.5) is 10.2 Å². The summed E-state index contributed by atoms with van der Waals surface area (Å²) in [6.45, 7) is 0.358. The number of aliphatic hydroxyl groups is 1. The van der Waals surface area contributed by atoms with E-state index in [9.17, 15) is 22.7 Å². The van der Waals surface area contributed by atoms with E-state index in [1.165, 1.54) is 12.5 Å². The Labute approximate surface area is 199 Å². The number of ketones is 1. The molecule has 1 aliphatic rings. The number of aliphatic hydroxyl groups excluding tert-OH is 1. The third-order valence-corrected chi connectivity index (χ3v) is 6.54. The molecule has 4 atom stereocenters. The Kier molecular flexibility index (Phi) is 7.00. The van der Waals surface area contributed by atoms with E-state index < -0.39 is 40.5 Å². The van der Waals surface area contributed by atoms with Crippen LogP contribution in [0.25, 0.3) is 0 Å². The van der Waals surface area contributed by atoms with E-state index in [4.69, 9.17) is 20.2 Å². The number of carbonyl (C=O) groups is 1. The van der Waals surface area contributed by atoms with Crippen LogP contribution in [0.15, 0.2) is 47.5 Å². The predicted molar refractivity (Wildman–Crippen MR) is 118 cm³/mol. The Morgan fingerprint density at radius 2 is 2.21 bits per heavy atom.